The van der Waals surface area contributed by atoms with E-state index in [0.29, 0.717) is 12.8 Å². The summed E-state index contributed by atoms with van der Waals surface area (Å²) >= 11 is 2.23. The minimum atomic E-state index is -0.892. The molecule has 0 aliphatic heterocycles. The number of fused-ring (bicyclic) bond motifs is 2. The van der Waals surface area contributed by atoms with Crippen molar-refractivity contribution in [3.8, 4) is 0 Å². The number of Topliss-reactive ketones (excluding diaryl/α,β-unsaturated/α-hetero) is 1. The Bertz CT molecular complexity index is 388. The maximum Gasteiger partial charge on any atom is 0.319 e. The van der Waals surface area contributed by atoms with Crippen LogP contribution in [-0.2, 0) is 14.3 Å². The van der Waals surface area contributed by atoms with E-state index in [1.54, 1.807) is 0 Å². The smallest absolute Gasteiger partial charge is 0.319 e. The van der Waals surface area contributed by atoms with E-state index in [9.17, 15) is 9.59 Å². The highest BCUT2D eigenvalue weighted by Crippen LogP contribution is 2.54. The number of ketones is 1. The van der Waals surface area contributed by atoms with E-state index in [2.05, 4.69) is 22.6 Å². The Hall–Kier alpha value is -0.390. The molecule has 2 bridgehead atoms. The monoisotopic (exact) mass is 334 g/mol. The molecule has 0 aromatic heterocycles. The zero-order valence-electron chi connectivity index (χ0n) is 9.51. The Morgan fingerprint density at radius 1 is 1.50 bits per heavy atom. The molecule has 1 fully saturated rings. The van der Waals surface area contributed by atoms with Gasteiger partial charge in [-0.25, -0.2) is 0 Å². The third kappa shape index (κ3) is 1.38. The van der Waals surface area contributed by atoms with Crippen LogP contribution in [0.1, 0.15) is 32.6 Å². The molecule has 0 radical (unpaired) electrons. The summed E-state index contributed by atoms with van der Waals surface area (Å²) in [5.41, 5.74) is -1.35. The van der Waals surface area contributed by atoms with Crippen molar-refractivity contribution in [3.63, 3.8) is 0 Å². The third-order valence-corrected chi connectivity index (χ3v) is 5.58. The molecule has 2 atom stereocenters. The Morgan fingerprint density at radius 2 is 2.19 bits per heavy atom. The second-order valence-corrected chi connectivity index (χ2v) is 6.01. The second kappa shape index (κ2) is 3.82. The first-order valence-electron chi connectivity index (χ1n) is 5.47. The van der Waals surface area contributed by atoms with E-state index in [4.69, 9.17) is 4.74 Å². The summed E-state index contributed by atoms with van der Waals surface area (Å²) in [5, 5.41) is 0. The fraction of sp³-hybridized carbons (Fsp3) is 0.667. The Morgan fingerprint density at radius 3 is 2.81 bits per heavy atom. The summed E-state index contributed by atoms with van der Waals surface area (Å²) in [6.07, 6.45) is 4.93. The zero-order chi connectivity index (χ0) is 12.0. The summed E-state index contributed by atoms with van der Waals surface area (Å²) in [4.78, 5) is 24.4. The Balaban J connectivity index is 2.50. The molecule has 0 unspecified atom stereocenters. The van der Waals surface area contributed by atoms with Crippen LogP contribution in [0.15, 0.2) is 9.66 Å². The van der Waals surface area contributed by atoms with Crippen molar-refractivity contribution in [2.24, 2.45) is 10.8 Å². The average molecular weight is 334 g/mol. The fourth-order valence-corrected chi connectivity index (χ4v) is 3.62. The minimum Gasteiger partial charge on any atom is -0.468 e. The van der Waals surface area contributed by atoms with Crippen molar-refractivity contribution in [1.29, 1.82) is 0 Å². The fourth-order valence-electron chi connectivity index (χ4n) is 2.88. The Kier molecular flexibility index (Phi) is 2.88. The number of carbonyl (C=O) groups is 2. The summed E-state index contributed by atoms with van der Waals surface area (Å²) in [7, 11) is 1.36. The molecule has 3 nitrogen and oxygen atoms in total. The predicted molar refractivity (Wildman–Crippen MR) is 68.1 cm³/mol. The van der Waals surface area contributed by atoms with Crippen molar-refractivity contribution in [2.45, 2.75) is 32.6 Å². The van der Waals surface area contributed by atoms with Gasteiger partial charge in [-0.05, 0) is 48.8 Å². The zero-order valence-corrected chi connectivity index (χ0v) is 11.7. The van der Waals surface area contributed by atoms with Gasteiger partial charge in [-0.3, -0.25) is 9.59 Å². The maximum absolute atomic E-state index is 12.5. The molecule has 4 heteroatoms. The molecule has 0 N–H and O–H groups in total. The van der Waals surface area contributed by atoms with Gasteiger partial charge in [0.1, 0.15) is 5.41 Å². The SMILES string of the molecule is COC(=O)[C@@]12CC=C(I)[C@@](C)(CCC1)C2=O. The molecule has 0 aromatic carbocycles. The molecule has 2 rings (SSSR count). The van der Waals surface area contributed by atoms with Crippen molar-refractivity contribution in [2.75, 3.05) is 7.11 Å². The van der Waals surface area contributed by atoms with E-state index in [-0.39, 0.29) is 11.8 Å². The lowest BCUT2D eigenvalue weighted by Gasteiger charge is -2.45. The molecular weight excluding hydrogens is 319 g/mol. The summed E-state index contributed by atoms with van der Waals surface area (Å²) in [6.45, 7) is 1.95. The van der Waals surface area contributed by atoms with Crippen LogP contribution >= 0.6 is 22.6 Å². The number of halogens is 1. The largest absolute Gasteiger partial charge is 0.468 e. The van der Waals surface area contributed by atoms with E-state index in [1.807, 2.05) is 13.0 Å². The number of hydrogen-bond donors (Lipinski definition) is 0. The quantitative estimate of drug-likeness (QED) is 0.421. The van der Waals surface area contributed by atoms with Crippen molar-refractivity contribution in [3.05, 3.63) is 9.66 Å². The van der Waals surface area contributed by atoms with Crippen LogP contribution in [0.5, 0.6) is 0 Å². The topological polar surface area (TPSA) is 43.4 Å². The van der Waals surface area contributed by atoms with Crippen LogP contribution in [0.3, 0.4) is 0 Å². The van der Waals surface area contributed by atoms with Gasteiger partial charge in [0.05, 0.1) is 12.5 Å². The van der Waals surface area contributed by atoms with E-state index >= 15 is 0 Å². The van der Waals surface area contributed by atoms with E-state index < -0.39 is 10.8 Å². The molecule has 2 aliphatic rings. The highest BCUT2D eigenvalue weighted by molar-refractivity contribution is 14.1. The van der Waals surface area contributed by atoms with Crippen molar-refractivity contribution >= 4 is 34.3 Å². The summed E-state index contributed by atoms with van der Waals surface area (Å²) < 4.78 is 5.90. The molecule has 0 amide bonds. The van der Waals surface area contributed by atoms with Gasteiger partial charge in [-0.15, -0.1) is 0 Å². The van der Waals surface area contributed by atoms with Crippen LogP contribution in [0.4, 0.5) is 0 Å². The molecule has 2 aliphatic carbocycles. The van der Waals surface area contributed by atoms with Gasteiger partial charge in [0.15, 0.2) is 5.78 Å². The maximum atomic E-state index is 12.5. The van der Waals surface area contributed by atoms with E-state index in [0.717, 1.165) is 16.4 Å². The normalized spacial score (nSPS) is 37.9. The summed E-state index contributed by atoms with van der Waals surface area (Å²) in [6, 6.07) is 0. The molecule has 0 aromatic rings. The molecule has 16 heavy (non-hydrogen) atoms. The number of rotatable bonds is 1. The van der Waals surface area contributed by atoms with Gasteiger partial charge in [0.2, 0.25) is 0 Å². The first-order chi connectivity index (χ1) is 7.47. The molecule has 88 valence electrons. The molecule has 0 spiro atoms. The first kappa shape index (κ1) is 12.1. The second-order valence-electron chi connectivity index (χ2n) is 4.84. The Labute approximate surface area is 109 Å². The third-order valence-electron chi connectivity index (χ3n) is 3.95. The standard InChI is InChI=1S/C12H15IO3/c1-11-5-3-6-12(9(11)14,10(15)16-2)7-4-8(11)13/h4H,3,5-7H2,1-2H3/t11-,12-/m1/s1. The molecule has 0 saturated heterocycles. The number of esters is 1. The van der Waals surface area contributed by atoms with Gasteiger partial charge in [0.25, 0.3) is 0 Å². The van der Waals surface area contributed by atoms with Gasteiger partial charge in [0, 0.05) is 3.58 Å². The molecular formula is C12H15IO3. The predicted octanol–water partition coefficient (Wildman–Crippen LogP) is 2.63. The number of allylic oxidation sites excluding steroid dienone is 2. The highest BCUT2D eigenvalue weighted by Gasteiger charge is 2.58. The van der Waals surface area contributed by atoms with Gasteiger partial charge in [-0.1, -0.05) is 12.5 Å². The lowest BCUT2D eigenvalue weighted by Crippen LogP contribution is -2.53. The molecule has 0 heterocycles. The average Bonchev–Trinajstić information content (AvgIpc) is 2.27. The minimum absolute atomic E-state index is 0.0602. The van der Waals surface area contributed by atoms with Crippen molar-refractivity contribution in [1.82, 2.24) is 0 Å². The van der Waals surface area contributed by atoms with Crippen LogP contribution in [0.2, 0.25) is 0 Å². The van der Waals surface area contributed by atoms with Crippen LogP contribution in [-0.4, -0.2) is 18.9 Å². The lowest BCUT2D eigenvalue weighted by atomic mass is 9.57. The van der Waals surface area contributed by atoms with Crippen molar-refractivity contribution < 1.29 is 14.3 Å². The highest BCUT2D eigenvalue weighted by atomic mass is 127. The van der Waals surface area contributed by atoms with Crippen LogP contribution in [0.25, 0.3) is 0 Å². The number of methoxy groups -OCH3 is 1. The lowest BCUT2D eigenvalue weighted by molar-refractivity contribution is -0.164. The first-order valence-corrected chi connectivity index (χ1v) is 6.55. The van der Waals surface area contributed by atoms with Gasteiger partial charge in [-0.2, -0.15) is 0 Å². The summed E-state index contributed by atoms with van der Waals surface area (Å²) in [5.74, 6) is -0.298. The van der Waals surface area contributed by atoms with Gasteiger partial charge >= 0.3 is 5.97 Å². The van der Waals surface area contributed by atoms with E-state index in [1.165, 1.54) is 7.11 Å². The van der Waals surface area contributed by atoms with Crippen LogP contribution in [0, 0.1) is 10.8 Å². The number of hydrogen-bond acceptors (Lipinski definition) is 3. The molecule has 1 saturated carbocycles. The van der Waals surface area contributed by atoms with Crippen LogP contribution < -0.4 is 0 Å². The number of ether oxygens (including phenoxy) is 1. The number of carbonyl (C=O) groups excluding carboxylic acids is 2. The van der Waals surface area contributed by atoms with Gasteiger partial charge < -0.3 is 4.74 Å².